The number of hydrogen-bond donors (Lipinski definition) is 2. The zero-order chi connectivity index (χ0) is 12.6. The van der Waals surface area contributed by atoms with Gasteiger partial charge in [0.15, 0.2) is 0 Å². The van der Waals surface area contributed by atoms with Crippen molar-refractivity contribution in [1.29, 1.82) is 0 Å². The predicted molar refractivity (Wildman–Crippen MR) is 67.5 cm³/mol. The van der Waals surface area contributed by atoms with Crippen LogP contribution in [0.2, 0.25) is 20.1 Å². The SMILES string of the molecule is O=C(O)c1c(Cl)c(Cl)c(Cl)c(Cl)c1C(=O)O.[NaH]. The van der Waals surface area contributed by atoms with Crippen LogP contribution in [0.3, 0.4) is 0 Å². The number of carboxylic acid groups (broad SMARTS) is 2. The second-order valence-electron chi connectivity index (χ2n) is 2.62. The summed E-state index contributed by atoms with van der Waals surface area (Å²) < 4.78 is 0. The van der Waals surface area contributed by atoms with E-state index in [2.05, 4.69) is 0 Å². The van der Waals surface area contributed by atoms with Crippen molar-refractivity contribution in [3.8, 4) is 0 Å². The molecule has 0 saturated heterocycles. The first kappa shape index (κ1) is 17.3. The van der Waals surface area contributed by atoms with Crippen LogP contribution >= 0.6 is 46.4 Å². The second-order valence-corrected chi connectivity index (χ2v) is 4.13. The summed E-state index contributed by atoms with van der Waals surface area (Å²) in [5.41, 5.74) is -1.37. The van der Waals surface area contributed by atoms with Gasteiger partial charge in [0, 0.05) is 0 Å². The second kappa shape index (κ2) is 6.48. The number of rotatable bonds is 2. The molecule has 9 heteroatoms. The fraction of sp³-hybridized carbons (Fsp3) is 0. The maximum atomic E-state index is 10.9. The third-order valence-corrected chi connectivity index (χ3v) is 3.50. The van der Waals surface area contributed by atoms with Crippen LogP contribution in [-0.2, 0) is 0 Å². The molecule has 1 rings (SSSR count). The van der Waals surface area contributed by atoms with Gasteiger partial charge >= 0.3 is 41.5 Å². The molecule has 0 spiro atoms. The third kappa shape index (κ3) is 3.20. The summed E-state index contributed by atoms with van der Waals surface area (Å²) in [7, 11) is 0. The molecule has 0 fully saturated rings. The van der Waals surface area contributed by atoms with Gasteiger partial charge in [-0.1, -0.05) is 46.4 Å². The standard InChI is InChI=1S/C8H2Cl4O4.Na.H/c9-3-1(7(13)14)2(8(15)16)4(10)6(12)5(3)11;;/h(H,13,14)(H,15,16);;. The zero-order valence-corrected chi connectivity index (χ0v) is 10.2. The monoisotopic (exact) mass is 326 g/mol. The van der Waals surface area contributed by atoms with Gasteiger partial charge in [-0.25, -0.2) is 9.59 Å². The molecule has 1 aromatic carbocycles. The Labute approximate surface area is 138 Å². The molecule has 0 radical (unpaired) electrons. The number of carbonyl (C=O) groups is 2. The van der Waals surface area contributed by atoms with Gasteiger partial charge in [-0.2, -0.15) is 0 Å². The minimum absolute atomic E-state index is 0. The van der Waals surface area contributed by atoms with Gasteiger partial charge in [-0.3, -0.25) is 0 Å². The van der Waals surface area contributed by atoms with Crippen LogP contribution in [0.15, 0.2) is 0 Å². The molecule has 0 aromatic heterocycles. The molecule has 0 aliphatic carbocycles. The van der Waals surface area contributed by atoms with Gasteiger partial charge in [0.1, 0.15) is 0 Å². The van der Waals surface area contributed by atoms with Crippen molar-refractivity contribution >= 4 is 87.9 Å². The van der Waals surface area contributed by atoms with Crippen molar-refractivity contribution in [2.45, 2.75) is 0 Å². The van der Waals surface area contributed by atoms with E-state index in [0.29, 0.717) is 0 Å². The van der Waals surface area contributed by atoms with E-state index in [1.807, 2.05) is 0 Å². The maximum absolute atomic E-state index is 10.9. The average molecular weight is 328 g/mol. The summed E-state index contributed by atoms with van der Waals surface area (Å²) in [6.07, 6.45) is 0. The van der Waals surface area contributed by atoms with E-state index in [-0.39, 0.29) is 39.6 Å². The van der Waals surface area contributed by atoms with Gasteiger partial charge in [0.25, 0.3) is 0 Å². The van der Waals surface area contributed by atoms with Gasteiger partial charge in [-0.05, 0) is 0 Å². The fourth-order valence-electron chi connectivity index (χ4n) is 1.03. The Hall–Kier alpha value is 0.320. The normalized spacial score (nSPS) is 9.65. The van der Waals surface area contributed by atoms with E-state index < -0.39 is 33.1 Å². The van der Waals surface area contributed by atoms with Crippen molar-refractivity contribution in [2.75, 3.05) is 0 Å². The Morgan fingerprint density at radius 1 is 0.706 bits per heavy atom. The first-order valence-electron chi connectivity index (χ1n) is 3.61. The average Bonchev–Trinajstić information content (AvgIpc) is 2.18. The van der Waals surface area contributed by atoms with Crippen LogP contribution in [0.1, 0.15) is 20.7 Å². The molecule has 0 unspecified atom stereocenters. The number of carboxylic acids is 2. The summed E-state index contributed by atoms with van der Waals surface area (Å²) in [4.78, 5) is 21.7. The molecule has 0 bridgehead atoms. The molecule has 4 nitrogen and oxygen atoms in total. The first-order valence-corrected chi connectivity index (χ1v) is 5.12. The minimum atomic E-state index is -1.55. The van der Waals surface area contributed by atoms with Crippen LogP contribution in [0, 0.1) is 0 Å². The van der Waals surface area contributed by atoms with Crippen LogP contribution in [0.4, 0.5) is 0 Å². The number of aromatic carboxylic acids is 2. The summed E-state index contributed by atoms with van der Waals surface area (Å²) in [6.45, 7) is 0. The van der Waals surface area contributed by atoms with Crippen LogP contribution < -0.4 is 0 Å². The van der Waals surface area contributed by atoms with Gasteiger partial charge in [0.05, 0.1) is 31.2 Å². The molecular weight excluding hydrogens is 325 g/mol. The fourth-order valence-corrected chi connectivity index (χ4v) is 2.05. The molecule has 0 amide bonds. The van der Waals surface area contributed by atoms with Gasteiger partial charge in [-0.15, -0.1) is 0 Å². The van der Waals surface area contributed by atoms with E-state index >= 15 is 0 Å². The molecule has 0 saturated carbocycles. The van der Waals surface area contributed by atoms with E-state index in [1.165, 1.54) is 0 Å². The van der Waals surface area contributed by atoms with Crippen molar-refractivity contribution < 1.29 is 19.8 Å². The van der Waals surface area contributed by atoms with E-state index in [1.54, 1.807) is 0 Å². The Kier molecular flexibility index (Phi) is 6.60. The van der Waals surface area contributed by atoms with E-state index in [9.17, 15) is 9.59 Å². The van der Waals surface area contributed by atoms with Gasteiger partial charge in [0.2, 0.25) is 0 Å². The Balaban J connectivity index is 0.00000256. The van der Waals surface area contributed by atoms with Crippen LogP contribution in [0.5, 0.6) is 0 Å². The predicted octanol–water partition coefficient (Wildman–Crippen LogP) is 3.05. The van der Waals surface area contributed by atoms with Crippen molar-refractivity contribution in [3.05, 3.63) is 31.2 Å². The first-order chi connectivity index (χ1) is 7.29. The third-order valence-electron chi connectivity index (χ3n) is 1.69. The van der Waals surface area contributed by atoms with E-state index in [4.69, 9.17) is 56.6 Å². The van der Waals surface area contributed by atoms with Crippen LogP contribution in [-0.4, -0.2) is 51.7 Å². The summed E-state index contributed by atoms with van der Waals surface area (Å²) in [5.74, 6) is -3.11. The summed E-state index contributed by atoms with van der Waals surface area (Å²) in [5, 5.41) is 16.1. The number of benzene rings is 1. The molecule has 0 aliphatic rings. The number of halogens is 4. The molecule has 0 atom stereocenters. The Morgan fingerprint density at radius 2 is 0.941 bits per heavy atom. The summed E-state index contributed by atoms with van der Waals surface area (Å²) in [6, 6.07) is 0. The van der Waals surface area contributed by atoms with Gasteiger partial charge < -0.3 is 10.2 Å². The molecule has 0 heterocycles. The van der Waals surface area contributed by atoms with Crippen molar-refractivity contribution in [2.24, 2.45) is 0 Å². The van der Waals surface area contributed by atoms with Crippen molar-refractivity contribution in [3.63, 3.8) is 0 Å². The molecule has 1 aromatic rings. The number of hydrogen-bond acceptors (Lipinski definition) is 2. The molecule has 0 aliphatic heterocycles. The topological polar surface area (TPSA) is 74.6 Å². The molecular formula is C8H3Cl4NaO4. The summed E-state index contributed by atoms with van der Waals surface area (Å²) >= 11 is 22.4. The van der Waals surface area contributed by atoms with E-state index in [0.717, 1.165) is 0 Å². The van der Waals surface area contributed by atoms with Crippen LogP contribution in [0.25, 0.3) is 0 Å². The molecule has 17 heavy (non-hydrogen) atoms. The zero-order valence-electron chi connectivity index (χ0n) is 7.22. The quantitative estimate of drug-likeness (QED) is 0.497. The Morgan fingerprint density at radius 3 is 1.12 bits per heavy atom. The Bertz CT molecular complexity index is 458. The molecule has 2 N–H and O–H groups in total. The van der Waals surface area contributed by atoms with Crippen molar-refractivity contribution in [1.82, 2.24) is 0 Å². The molecule has 88 valence electrons.